The number of amides is 2. The van der Waals surface area contributed by atoms with Crippen LogP contribution in [0.5, 0.6) is 5.75 Å². The number of aliphatic carboxylic acids is 1. The van der Waals surface area contributed by atoms with Gasteiger partial charge in [0.25, 0.3) is 0 Å². The molecule has 8 nitrogen and oxygen atoms in total. The molecular formula is C23H18N4O4. The molecule has 0 atom stereocenters. The zero-order valence-corrected chi connectivity index (χ0v) is 16.2. The molecule has 0 fully saturated rings. The fraction of sp³-hybridized carbons (Fsp3) is 0. The third kappa shape index (κ3) is 4.54. The zero-order chi connectivity index (χ0) is 21.8. The van der Waals surface area contributed by atoms with Crippen molar-refractivity contribution in [2.24, 2.45) is 0 Å². The number of H-pyrrole nitrogens is 1. The summed E-state index contributed by atoms with van der Waals surface area (Å²) in [5.74, 6) is -1.01. The Labute approximate surface area is 176 Å². The van der Waals surface area contributed by atoms with Crippen molar-refractivity contribution in [1.82, 2.24) is 9.97 Å². The monoisotopic (exact) mass is 414 g/mol. The maximum atomic E-state index is 12.3. The predicted molar refractivity (Wildman–Crippen MR) is 119 cm³/mol. The van der Waals surface area contributed by atoms with E-state index in [9.17, 15) is 19.8 Å². The summed E-state index contributed by atoms with van der Waals surface area (Å²) in [4.78, 5) is 31.4. The van der Waals surface area contributed by atoms with Crippen LogP contribution in [0.3, 0.4) is 0 Å². The lowest BCUT2D eigenvalue weighted by molar-refractivity contribution is -0.130. The molecule has 2 amide bonds. The molecule has 0 spiro atoms. The number of fused-ring (bicyclic) bond motifs is 1. The highest BCUT2D eigenvalue weighted by atomic mass is 16.4. The highest BCUT2D eigenvalue weighted by Crippen LogP contribution is 2.26. The second kappa shape index (κ2) is 8.42. The number of carboxylic acids is 1. The molecule has 2 aromatic carbocycles. The number of phenolic OH excluding ortho intramolecular Hbond substituents is 1. The van der Waals surface area contributed by atoms with Crippen molar-refractivity contribution in [3.05, 3.63) is 84.2 Å². The summed E-state index contributed by atoms with van der Waals surface area (Å²) in [6.07, 6.45) is 4.72. The van der Waals surface area contributed by atoms with Gasteiger partial charge >= 0.3 is 12.0 Å². The Bertz CT molecular complexity index is 1300. The van der Waals surface area contributed by atoms with Crippen molar-refractivity contribution in [2.75, 3.05) is 10.6 Å². The van der Waals surface area contributed by atoms with Gasteiger partial charge in [-0.3, -0.25) is 0 Å². The van der Waals surface area contributed by atoms with Gasteiger partial charge in [-0.2, -0.15) is 0 Å². The van der Waals surface area contributed by atoms with E-state index >= 15 is 0 Å². The molecule has 4 aromatic rings. The van der Waals surface area contributed by atoms with Crippen LogP contribution >= 0.6 is 0 Å². The average molecular weight is 414 g/mol. The number of carbonyl (C=O) groups is 2. The number of hydrogen-bond acceptors (Lipinski definition) is 4. The summed E-state index contributed by atoms with van der Waals surface area (Å²) in [5, 5.41) is 25.1. The molecule has 0 radical (unpaired) electrons. The van der Waals surface area contributed by atoms with E-state index in [1.807, 2.05) is 6.07 Å². The van der Waals surface area contributed by atoms with E-state index in [-0.39, 0.29) is 11.3 Å². The van der Waals surface area contributed by atoms with E-state index in [4.69, 9.17) is 0 Å². The van der Waals surface area contributed by atoms with Crippen LogP contribution in [0, 0.1) is 0 Å². The number of carboxylic acid groups (broad SMARTS) is 1. The van der Waals surface area contributed by atoms with Crippen LogP contribution in [-0.4, -0.2) is 32.2 Å². The van der Waals surface area contributed by atoms with Crippen LogP contribution in [0.25, 0.3) is 22.7 Å². The van der Waals surface area contributed by atoms with Gasteiger partial charge in [0.2, 0.25) is 0 Å². The first-order valence-corrected chi connectivity index (χ1v) is 9.34. The molecule has 2 aromatic heterocycles. The number of urea groups is 1. The van der Waals surface area contributed by atoms with Crippen molar-refractivity contribution in [2.45, 2.75) is 0 Å². The van der Waals surface area contributed by atoms with Crippen LogP contribution < -0.4 is 10.6 Å². The number of aromatic hydroxyl groups is 1. The van der Waals surface area contributed by atoms with Gasteiger partial charge < -0.3 is 25.8 Å². The molecule has 31 heavy (non-hydrogen) atoms. The molecule has 8 heteroatoms. The number of aromatic nitrogens is 2. The van der Waals surface area contributed by atoms with Crippen molar-refractivity contribution in [3.63, 3.8) is 0 Å². The fourth-order valence-corrected chi connectivity index (χ4v) is 3.13. The molecule has 0 saturated carbocycles. The number of benzene rings is 2. The molecule has 0 aliphatic heterocycles. The van der Waals surface area contributed by atoms with Gasteiger partial charge in [0, 0.05) is 28.9 Å². The zero-order valence-electron chi connectivity index (χ0n) is 16.2. The molecule has 0 saturated heterocycles. The Morgan fingerprint density at radius 3 is 2.48 bits per heavy atom. The van der Waals surface area contributed by atoms with Crippen LogP contribution in [0.1, 0.15) is 11.1 Å². The standard InChI is InChI=1S/C23H18N4O4/c28-18-8-4-7-16(10-18)26-23(31)27-17-11-19-15(12-24-21(19)25-13-17)9-20(22(29)30)14-5-2-1-3-6-14/h1-13,28H,(H,24,25)(H,29,30)(H2,26,27,31). The van der Waals surface area contributed by atoms with E-state index in [1.165, 1.54) is 18.3 Å². The first-order valence-electron chi connectivity index (χ1n) is 9.34. The van der Waals surface area contributed by atoms with Crippen LogP contribution in [0.15, 0.2) is 73.1 Å². The van der Waals surface area contributed by atoms with E-state index in [0.717, 1.165) is 0 Å². The van der Waals surface area contributed by atoms with E-state index in [1.54, 1.807) is 54.7 Å². The maximum Gasteiger partial charge on any atom is 0.336 e. The quantitative estimate of drug-likeness (QED) is 0.306. The molecule has 2 heterocycles. The molecule has 4 rings (SSSR count). The third-order valence-corrected chi connectivity index (χ3v) is 4.54. The lowest BCUT2D eigenvalue weighted by Gasteiger charge is -2.08. The van der Waals surface area contributed by atoms with E-state index in [0.29, 0.717) is 33.5 Å². The molecular weight excluding hydrogens is 396 g/mol. The summed E-state index contributed by atoms with van der Waals surface area (Å²) in [7, 11) is 0. The van der Waals surface area contributed by atoms with Gasteiger partial charge in [0.1, 0.15) is 11.4 Å². The summed E-state index contributed by atoms with van der Waals surface area (Å²) < 4.78 is 0. The summed E-state index contributed by atoms with van der Waals surface area (Å²) in [6.45, 7) is 0. The second-order valence-electron chi connectivity index (χ2n) is 6.72. The van der Waals surface area contributed by atoms with E-state index in [2.05, 4.69) is 20.6 Å². The number of nitrogens with one attached hydrogen (secondary N) is 3. The Morgan fingerprint density at radius 2 is 1.74 bits per heavy atom. The number of pyridine rings is 1. The lowest BCUT2D eigenvalue weighted by Crippen LogP contribution is -2.19. The maximum absolute atomic E-state index is 12.3. The smallest absolute Gasteiger partial charge is 0.336 e. The highest BCUT2D eigenvalue weighted by Gasteiger charge is 2.13. The normalized spacial score (nSPS) is 11.3. The minimum absolute atomic E-state index is 0.0392. The van der Waals surface area contributed by atoms with Gasteiger partial charge in [-0.15, -0.1) is 0 Å². The number of phenols is 1. The molecule has 0 aliphatic rings. The molecule has 5 N–H and O–H groups in total. The molecule has 0 bridgehead atoms. The Kier molecular flexibility index (Phi) is 5.35. The molecule has 154 valence electrons. The third-order valence-electron chi connectivity index (χ3n) is 4.54. The van der Waals surface area contributed by atoms with Crippen molar-refractivity contribution in [1.29, 1.82) is 0 Å². The number of anilines is 2. The highest BCUT2D eigenvalue weighted by molar-refractivity contribution is 6.21. The largest absolute Gasteiger partial charge is 0.508 e. The number of hydrogen-bond donors (Lipinski definition) is 5. The SMILES string of the molecule is O=C(Nc1cccc(O)c1)Nc1cnc2[nH]cc(C=C(C(=O)O)c3ccccc3)c2c1. The summed E-state index contributed by atoms with van der Waals surface area (Å²) in [5.41, 5.74) is 2.77. The fourth-order valence-electron chi connectivity index (χ4n) is 3.13. The number of aromatic amines is 1. The van der Waals surface area contributed by atoms with Crippen molar-refractivity contribution >= 4 is 46.1 Å². The van der Waals surface area contributed by atoms with E-state index < -0.39 is 12.0 Å². The predicted octanol–water partition coefficient (Wildman–Crippen LogP) is 4.54. The number of rotatable bonds is 5. The first kappa shape index (κ1) is 19.7. The van der Waals surface area contributed by atoms with Crippen molar-refractivity contribution < 1.29 is 19.8 Å². The Balaban J connectivity index is 1.61. The van der Waals surface area contributed by atoms with Gasteiger partial charge in [0.05, 0.1) is 17.5 Å². The van der Waals surface area contributed by atoms with Crippen LogP contribution in [-0.2, 0) is 4.79 Å². The van der Waals surface area contributed by atoms with Gasteiger partial charge in [-0.05, 0) is 29.8 Å². The Hall–Kier alpha value is -4.59. The van der Waals surface area contributed by atoms with Gasteiger partial charge in [0.15, 0.2) is 0 Å². The average Bonchev–Trinajstić information content (AvgIpc) is 3.14. The summed E-state index contributed by atoms with van der Waals surface area (Å²) in [6, 6.07) is 16.2. The van der Waals surface area contributed by atoms with Crippen molar-refractivity contribution in [3.8, 4) is 5.75 Å². The number of carbonyl (C=O) groups excluding carboxylic acids is 1. The van der Waals surface area contributed by atoms with Crippen LogP contribution in [0.2, 0.25) is 0 Å². The minimum atomic E-state index is -1.05. The summed E-state index contributed by atoms with van der Waals surface area (Å²) >= 11 is 0. The van der Waals surface area contributed by atoms with Gasteiger partial charge in [-0.25, -0.2) is 14.6 Å². The van der Waals surface area contributed by atoms with Crippen LogP contribution in [0.4, 0.5) is 16.2 Å². The molecule has 0 aliphatic carbocycles. The molecule has 0 unspecified atom stereocenters. The van der Waals surface area contributed by atoms with Gasteiger partial charge in [-0.1, -0.05) is 36.4 Å². The first-order chi connectivity index (χ1) is 15.0. The minimum Gasteiger partial charge on any atom is -0.508 e. The second-order valence-corrected chi connectivity index (χ2v) is 6.72. The Morgan fingerprint density at radius 1 is 0.968 bits per heavy atom. The topological polar surface area (TPSA) is 127 Å². The lowest BCUT2D eigenvalue weighted by atomic mass is 10.0. The number of nitrogens with zero attached hydrogens (tertiary/aromatic N) is 1.